The van der Waals surface area contributed by atoms with Crippen LogP contribution in [0.15, 0.2) is 54.6 Å². The van der Waals surface area contributed by atoms with Crippen LogP contribution in [-0.4, -0.2) is 33.2 Å². The number of para-hydroxylation sites is 2. The average molecular weight is 391 g/mol. The molecule has 2 rings (SSSR count). The molecular weight excluding hydrogens is 364 g/mol. The molecule has 6 nitrogen and oxygen atoms in total. The molecule has 0 radical (unpaired) electrons. The lowest BCUT2D eigenvalue weighted by molar-refractivity contribution is -0.122. The maximum Gasteiger partial charge on any atom is 0.244 e. The lowest BCUT2D eigenvalue weighted by atomic mass is 10.1. The SMILES string of the molecule is CCOc1ccccc1CNC(=O)C(CC)N(c1ccccc1)S(C)(=O)=O. The predicted octanol–water partition coefficient (Wildman–Crippen LogP) is 2.95. The van der Waals surface area contributed by atoms with Gasteiger partial charge in [0.1, 0.15) is 11.8 Å². The number of carbonyl (C=O) groups is 1. The summed E-state index contributed by atoms with van der Waals surface area (Å²) in [5, 5.41) is 2.85. The molecule has 0 aliphatic carbocycles. The Kier molecular flexibility index (Phi) is 7.24. The molecule has 0 spiro atoms. The van der Waals surface area contributed by atoms with E-state index in [1.54, 1.807) is 37.3 Å². The quantitative estimate of drug-likeness (QED) is 0.714. The van der Waals surface area contributed by atoms with Crippen molar-refractivity contribution in [1.82, 2.24) is 5.32 Å². The number of amides is 1. The summed E-state index contributed by atoms with van der Waals surface area (Å²) < 4.78 is 31.5. The number of hydrogen-bond donors (Lipinski definition) is 1. The molecule has 2 aromatic rings. The van der Waals surface area contributed by atoms with Crippen LogP contribution >= 0.6 is 0 Å². The molecule has 7 heteroatoms. The Morgan fingerprint density at radius 2 is 1.70 bits per heavy atom. The van der Waals surface area contributed by atoms with Gasteiger partial charge in [-0.05, 0) is 31.5 Å². The molecule has 0 aliphatic heterocycles. The molecule has 0 heterocycles. The van der Waals surface area contributed by atoms with Crippen molar-refractivity contribution in [3.05, 3.63) is 60.2 Å². The van der Waals surface area contributed by atoms with E-state index in [1.807, 2.05) is 31.2 Å². The van der Waals surface area contributed by atoms with Gasteiger partial charge in [-0.3, -0.25) is 9.10 Å². The first-order valence-electron chi connectivity index (χ1n) is 8.91. The number of hydrogen-bond acceptors (Lipinski definition) is 4. The molecule has 146 valence electrons. The number of carbonyl (C=O) groups excluding carboxylic acids is 1. The molecule has 0 aromatic heterocycles. The number of nitrogens with one attached hydrogen (secondary N) is 1. The Balaban J connectivity index is 2.21. The van der Waals surface area contributed by atoms with Gasteiger partial charge in [-0.25, -0.2) is 8.42 Å². The number of ether oxygens (including phenoxy) is 1. The monoisotopic (exact) mass is 390 g/mol. The lowest BCUT2D eigenvalue weighted by Gasteiger charge is -2.30. The van der Waals surface area contributed by atoms with E-state index < -0.39 is 16.1 Å². The molecule has 0 saturated heterocycles. The van der Waals surface area contributed by atoms with Crippen LogP contribution in [0.4, 0.5) is 5.69 Å². The van der Waals surface area contributed by atoms with Crippen LogP contribution in [0.3, 0.4) is 0 Å². The fraction of sp³-hybridized carbons (Fsp3) is 0.350. The van der Waals surface area contributed by atoms with Crippen LogP contribution in [0, 0.1) is 0 Å². The summed E-state index contributed by atoms with van der Waals surface area (Å²) in [6.45, 7) is 4.47. The van der Waals surface area contributed by atoms with Crippen LogP contribution in [0.5, 0.6) is 5.75 Å². The third-order valence-electron chi connectivity index (χ3n) is 4.07. The predicted molar refractivity (Wildman–Crippen MR) is 107 cm³/mol. The minimum absolute atomic E-state index is 0.262. The third kappa shape index (κ3) is 5.47. The van der Waals surface area contributed by atoms with Crippen LogP contribution in [0.25, 0.3) is 0 Å². The number of nitrogens with zero attached hydrogens (tertiary/aromatic N) is 1. The topological polar surface area (TPSA) is 75.7 Å². The van der Waals surface area contributed by atoms with Crippen molar-refractivity contribution < 1.29 is 17.9 Å². The molecule has 27 heavy (non-hydrogen) atoms. The number of sulfonamides is 1. The van der Waals surface area contributed by atoms with Crippen molar-refractivity contribution in [2.75, 3.05) is 17.2 Å². The average Bonchev–Trinajstić information content (AvgIpc) is 2.65. The molecule has 1 unspecified atom stereocenters. The lowest BCUT2D eigenvalue weighted by Crippen LogP contribution is -2.49. The molecule has 0 fully saturated rings. The van der Waals surface area contributed by atoms with E-state index in [4.69, 9.17) is 4.74 Å². The van der Waals surface area contributed by atoms with Gasteiger partial charge >= 0.3 is 0 Å². The van der Waals surface area contributed by atoms with E-state index in [-0.39, 0.29) is 12.5 Å². The van der Waals surface area contributed by atoms with E-state index in [1.165, 1.54) is 4.31 Å². The summed E-state index contributed by atoms with van der Waals surface area (Å²) in [7, 11) is -3.63. The number of rotatable bonds is 9. The van der Waals surface area contributed by atoms with Gasteiger partial charge in [-0.2, -0.15) is 0 Å². The smallest absolute Gasteiger partial charge is 0.244 e. The van der Waals surface area contributed by atoms with Gasteiger partial charge in [0.15, 0.2) is 0 Å². The van der Waals surface area contributed by atoms with Crippen LogP contribution in [-0.2, 0) is 21.4 Å². The Morgan fingerprint density at radius 1 is 1.07 bits per heavy atom. The Labute approximate surface area is 161 Å². The summed E-state index contributed by atoms with van der Waals surface area (Å²) in [6.07, 6.45) is 1.46. The van der Waals surface area contributed by atoms with Crippen LogP contribution in [0.2, 0.25) is 0 Å². The van der Waals surface area contributed by atoms with Gasteiger partial charge in [-0.15, -0.1) is 0 Å². The van der Waals surface area contributed by atoms with Gasteiger partial charge in [0.2, 0.25) is 15.9 Å². The van der Waals surface area contributed by atoms with Crippen molar-refractivity contribution >= 4 is 21.6 Å². The standard InChI is InChI=1S/C20H26N2O4S/c1-4-18(22(27(3,24)25)17-12-7-6-8-13-17)20(23)21-15-16-11-9-10-14-19(16)26-5-2/h6-14,18H,4-5,15H2,1-3H3,(H,21,23). The van der Waals surface area contributed by atoms with Crippen molar-refractivity contribution in [3.8, 4) is 5.75 Å². The summed E-state index contributed by atoms with van der Waals surface area (Å²) >= 11 is 0. The molecular formula is C20H26N2O4S. The zero-order valence-corrected chi connectivity index (χ0v) is 16.7. The third-order valence-corrected chi connectivity index (χ3v) is 5.25. The fourth-order valence-electron chi connectivity index (χ4n) is 2.88. The van der Waals surface area contributed by atoms with Gasteiger partial charge in [0.25, 0.3) is 0 Å². The second kappa shape index (κ2) is 9.41. The van der Waals surface area contributed by atoms with Crippen LogP contribution < -0.4 is 14.4 Å². The van der Waals surface area contributed by atoms with Crippen molar-refractivity contribution in [3.63, 3.8) is 0 Å². The Bertz CT molecular complexity index is 853. The van der Waals surface area contributed by atoms with E-state index in [2.05, 4.69) is 5.32 Å². The van der Waals surface area contributed by atoms with E-state index in [0.717, 1.165) is 11.8 Å². The largest absolute Gasteiger partial charge is 0.494 e. The second-order valence-corrected chi connectivity index (χ2v) is 7.94. The molecule has 1 atom stereocenters. The number of anilines is 1. The Hall–Kier alpha value is -2.54. The minimum Gasteiger partial charge on any atom is -0.494 e. The van der Waals surface area contributed by atoms with E-state index in [9.17, 15) is 13.2 Å². The second-order valence-electron chi connectivity index (χ2n) is 6.08. The molecule has 1 amide bonds. The summed E-state index contributed by atoms with van der Waals surface area (Å²) in [5.74, 6) is 0.356. The highest BCUT2D eigenvalue weighted by molar-refractivity contribution is 7.92. The number of benzene rings is 2. The zero-order valence-electron chi connectivity index (χ0n) is 15.9. The summed E-state index contributed by atoms with van der Waals surface area (Å²) in [6, 6.07) is 15.3. The molecule has 0 bridgehead atoms. The fourth-order valence-corrected chi connectivity index (χ4v) is 4.09. The van der Waals surface area contributed by atoms with E-state index in [0.29, 0.717) is 24.5 Å². The molecule has 2 aromatic carbocycles. The molecule has 0 aliphatic rings. The first kappa shape index (κ1) is 20.8. The maximum absolute atomic E-state index is 12.8. The van der Waals surface area contributed by atoms with Crippen LogP contribution in [0.1, 0.15) is 25.8 Å². The maximum atomic E-state index is 12.8. The minimum atomic E-state index is -3.63. The molecule has 1 N–H and O–H groups in total. The highest BCUT2D eigenvalue weighted by Gasteiger charge is 2.31. The van der Waals surface area contributed by atoms with Gasteiger partial charge in [-0.1, -0.05) is 43.3 Å². The Morgan fingerprint density at radius 3 is 2.30 bits per heavy atom. The summed E-state index contributed by atoms with van der Waals surface area (Å²) in [4.78, 5) is 12.8. The van der Waals surface area contributed by atoms with E-state index >= 15 is 0 Å². The summed E-state index contributed by atoms with van der Waals surface area (Å²) in [5.41, 5.74) is 1.31. The molecule has 0 saturated carbocycles. The van der Waals surface area contributed by atoms with Gasteiger partial charge < -0.3 is 10.1 Å². The van der Waals surface area contributed by atoms with Crippen molar-refractivity contribution in [1.29, 1.82) is 0 Å². The van der Waals surface area contributed by atoms with Crippen molar-refractivity contribution in [2.45, 2.75) is 32.9 Å². The normalized spacial score (nSPS) is 12.3. The highest BCUT2D eigenvalue weighted by atomic mass is 32.2. The van der Waals surface area contributed by atoms with Gasteiger partial charge in [0.05, 0.1) is 18.6 Å². The first-order chi connectivity index (χ1) is 12.9. The zero-order chi connectivity index (χ0) is 19.9. The first-order valence-corrected chi connectivity index (χ1v) is 10.8. The highest BCUT2D eigenvalue weighted by Crippen LogP contribution is 2.22. The van der Waals surface area contributed by atoms with Gasteiger partial charge in [0, 0.05) is 12.1 Å². The van der Waals surface area contributed by atoms with Crippen molar-refractivity contribution in [2.24, 2.45) is 0 Å².